The number of aryl methyl sites for hydroxylation is 1. The first-order valence-electron chi connectivity index (χ1n) is 10.4. The van der Waals surface area contributed by atoms with Crippen molar-refractivity contribution in [3.8, 4) is 0 Å². The lowest BCUT2D eigenvalue weighted by atomic mass is 10.2. The van der Waals surface area contributed by atoms with E-state index < -0.39 is 23.7 Å². The fourth-order valence-electron chi connectivity index (χ4n) is 3.50. The molecule has 4 rings (SSSR count). The number of methoxy groups -OCH3 is 1. The van der Waals surface area contributed by atoms with Gasteiger partial charge in [0.25, 0.3) is 5.56 Å². The molecule has 172 valence electrons. The van der Waals surface area contributed by atoms with Gasteiger partial charge in [-0.15, -0.1) is 11.3 Å². The van der Waals surface area contributed by atoms with Crippen molar-refractivity contribution in [1.82, 2.24) is 29.0 Å². The van der Waals surface area contributed by atoms with Crippen LogP contribution in [-0.2, 0) is 35.7 Å². The minimum absolute atomic E-state index is 0.220. The van der Waals surface area contributed by atoms with Gasteiger partial charge in [-0.1, -0.05) is 30.3 Å². The van der Waals surface area contributed by atoms with Gasteiger partial charge in [-0.3, -0.25) is 14.2 Å². The van der Waals surface area contributed by atoms with Gasteiger partial charge in [-0.2, -0.15) is 0 Å². The first-order valence-corrected chi connectivity index (χ1v) is 11.2. The van der Waals surface area contributed by atoms with Crippen LogP contribution in [0.1, 0.15) is 16.3 Å². The van der Waals surface area contributed by atoms with E-state index in [-0.39, 0.29) is 24.3 Å². The van der Waals surface area contributed by atoms with Crippen LogP contribution >= 0.6 is 11.3 Å². The van der Waals surface area contributed by atoms with Crippen molar-refractivity contribution in [2.45, 2.75) is 33.1 Å². The van der Waals surface area contributed by atoms with E-state index in [0.717, 1.165) is 20.8 Å². The molecule has 1 N–H and O–H groups in total. The third kappa shape index (κ3) is 4.94. The number of fused-ring (bicyclic) bond motifs is 1. The molecule has 33 heavy (non-hydrogen) atoms. The van der Waals surface area contributed by atoms with Crippen molar-refractivity contribution in [1.29, 1.82) is 0 Å². The Morgan fingerprint density at radius 3 is 2.67 bits per heavy atom. The van der Waals surface area contributed by atoms with Gasteiger partial charge in [0.2, 0.25) is 5.91 Å². The number of benzene rings is 1. The first-order chi connectivity index (χ1) is 16.0. The summed E-state index contributed by atoms with van der Waals surface area (Å²) in [6.45, 7) is 2.69. The topological polar surface area (TPSA) is 113 Å². The molecule has 0 fully saturated rings. The van der Waals surface area contributed by atoms with E-state index in [1.807, 2.05) is 42.6 Å². The smallest absolute Gasteiger partial charge is 0.333 e. The Balaban J connectivity index is 1.71. The molecule has 0 spiro atoms. The molecule has 0 radical (unpaired) electrons. The average molecular weight is 469 g/mol. The highest BCUT2D eigenvalue weighted by Crippen LogP contribution is 2.10. The minimum atomic E-state index is -0.589. The van der Waals surface area contributed by atoms with Crippen LogP contribution in [-0.4, -0.2) is 43.3 Å². The number of aromatic nitrogens is 5. The summed E-state index contributed by atoms with van der Waals surface area (Å²) in [5.74, 6) is -0.448. The molecule has 0 saturated heterocycles. The second-order valence-electron chi connectivity index (χ2n) is 7.51. The highest BCUT2D eigenvalue weighted by atomic mass is 32.1. The Morgan fingerprint density at radius 1 is 1.18 bits per heavy atom. The Bertz CT molecular complexity index is 1390. The molecule has 10 nitrogen and oxygen atoms in total. The third-order valence-corrected chi connectivity index (χ3v) is 6.08. The van der Waals surface area contributed by atoms with Gasteiger partial charge in [0.05, 0.1) is 26.0 Å². The van der Waals surface area contributed by atoms with Gasteiger partial charge in [0, 0.05) is 24.7 Å². The molecule has 1 aromatic carbocycles. The molecule has 3 heterocycles. The Hall–Kier alpha value is -3.57. The molecule has 11 heteroatoms. The summed E-state index contributed by atoms with van der Waals surface area (Å²) in [5, 5.41) is 5.38. The third-order valence-electron chi connectivity index (χ3n) is 5.11. The summed E-state index contributed by atoms with van der Waals surface area (Å²) in [7, 11) is 1.57. The fourth-order valence-corrected chi connectivity index (χ4v) is 4.21. The SMILES string of the molecule is COCCn1cnc2c1c(=O)n(CC(=O)NCc1nc(C)cs1)c(=O)n2Cc1ccccc1. The number of imidazole rings is 1. The second-order valence-corrected chi connectivity index (χ2v) is 8.45. The van der Waals surface area contributed by atoms with Crippen molar-refractivity contribution in [2.75, 3.05) is 13.7 Å². The molecule has 1 amide bonds. The van der Waals surface area contributed by atoms with Crippen LogP contribution in [0.5, 0.6) is 0 Å². The quantitative estimate of drug-likeness (QED) is 0.394. The number of nitrogens with zero attached hydrogens (tertiary/aromatic N) is 5. The summed E-state index contributed by atoms with van der Waals surface area (Å²) >= 11 is 1.44. The van der Waals surface area contributed by atoms with Crippen LogP contribution < -0.4 is 16.6 Å². The number of hydrogen-bond donors (Lipinski definition) is 1. The minimum Gasteiger partial charge on any atom is -0.383 e. The van der Waals surface area contributed by atoms with Crippen molar-refractivity contribution in [3.63, 3.8) is 0 Å². The van der Waals surface area contributed by atoms with Crippen LogP contribution in [0, 0.1) is 6.92 Å². The van der Waals surface area contributed by atoms with Gasteiger partial charge in [0.15, 0.2) is 11.2 Å². The van der Waals surface area contributed by atoms with E-state index in [2.05, 4.69) is 15.3 Å². The van der Waals surface area contributed by atoms with Crippen LogP contribution in [0.4, 0.5) is 0 Å². The van der Waals surface area contributed by atoms with Gasteiger partial charge in [0.1, 0.15) is 11.6 Å². The number of nitrogens with one attached hydrogen (secondary N) is 1. The zero-order chi connectivity index (χ0) is 23.4. The second kappa shape index (κ2) is 9.92. The maximum Gasteiger partial charge on any atom is 0.333 e. The lowest BCUT2D eigenvalue weighted by molar-refractivity contribution is -0.121. The monoisotopic (exact) mass is 468 g/mol. The van der Waals surface area contributed by atoms with E-state index in [1.54, 1.807) is 11.7 Å². The Kier molecular flexibility index (Phi) is 6.80. The predicted octanol–water partition coefficient (Wildman–Crippen LogP) is 1.14. The summed E-state index contributed by atoms with van der Waals surface area (Å²) in [5.41, 5.74) is 1.13. The Morgan fingerprint density at radius 2 is 1.97 bits per heavy atom. The van der Waals surface area contributed by atoms with E-state index in [4.69, 9.17) is 4.74 Å². The van der Waals surface area contributed by atoms with Crippen LogP contribution in [0.25, 0.3) is 11.2 Å². The molecular weight excluding hydrogens is 444 g/mol. The fraction of sp³-hybridized carbons (Fsp3) is 0.318. The zero-order valence-electron chi connectivity index (χ0n) is 18.4. The molecule has 0 atom stereocenters. The summed E-state index contributed by atoms with van der Waals surface area (Å²) in [6, 6.07) is 9.41. The zero-order valence-corrected chi connectivity index (χ0v) is 19.2. The highest BCUT2D eigenvalue weighted by Gasteiger charge is 2.20. The van der Waals surface area contributed by atoms with Crippen molar-refractivity contribution in [3.05, 3.63) is 79.1 Å². The number of hydrogen-bond acceptors (Lipinski definition) is 7. The Labute approximate surface area is 193 Å². The molecule has 0 aliphatic rings. The van der Waals surface area contributed by atoms with Crippen LogP contribution in [0.3, 0.4) is 0 Å². The number of ether oxygens (including phenoxy) is 1. The number of carbonyl (C=O) groups excluding carboxylic acids is 1. The van der Waals surface area contributed by atoms with Crippen molar-refractivity contribution in [2.24, 2.45) is 0 Å². The summed E-state index contributed by atoms with van der Waals surface area (Å²) < 4.78 is 9.16. The van der Waals surface area contributed by atoms with Crippen LogP contribution in [0.15, 0.2) is 51.6 Å². The number of rotatable bonds is 9. The standard InChI is InChI=1S/C22H24N6O4S/c1-15-13-33-18(25-15)10-23-17(29)12-28-21(30)19-20(24-14-26(19)8-9-32-2)27(22(28)31)11-16-6-4-3-5-7-16/h3-7,13-14H,8-12H2,1-2H3,(H,23,29). The largest absolute Gasteiger partial charge is 0.383 e. The van der Waals surface area contributed by atoms with Gasteiger partial charge in [-0.25, -0.2) is 19.3 Å². The molecule has 3 aromatic heterocycles. The van der Waals surface area contributed by atoms with E-state index in [9.17, 15) is 14.4 Å². The molecule has 0 bridgehead atoms. The molecule has 4 aromatic rings. The molecule has 0 aliphatic carbocycles. The maximum absolute atomic E-state index is 13.3. The summed E-state index contributed by atoms with van der Waals surface area (Å²) in [4.78, 5) is 47.8. The maximum atomic E-state index is 13.3. The van der Waals surface area contributed by atoms with Crippen LogP contribution in [0.2, 0.25) is 0 Å². The summed E-state index contributed by atoms with van der Waals surface area (Å²) in [6.07, 6.45) is 1.52. The highest BCUT2D eigenvalue weighted by molar-refractivity contribution is 7.09. The van der Waals surface area contributed by atoms with Crippen molar-refractivity contribution >= 4 is 28.4 Å². The molecule has 0 unspecified atom stereocenters. The number of amides is 1. The van der Waals surface area contributed by atoms with Gasteiger partial charge < -0.3 is 14.6 Å². The van der Waals surface area contributed by atoms with Crippen molar-refractivity contribution < 1.29 is 9.53 Å². The van der Waals surface area contributed by atoms with Gasteiger partial charge >= 0.3 is 5.69 Å². The molecular formula is C22H24N6O4S. The first kappa shape index (κ1) is 22.6. The predicted molar refractivity (Wildman–Crippen MR) is 124 cm³/mol. The molecule has 0 aliphatic heterocycles. The van der Waals surface area contributed by atoms with E-state index in [1.165, 1.54) is 22.2 Å². The lowest BCUT2D eigenvalue weighted by Gasteiger charge is -2.13. The molecule has 0 saturated carbocycles. The number of thiazole rings is 1. The van der Waals surface area contributed by atoms with E-state index >= 15 is 0 Å². The van der Waals surface area contributed by atoms with E-state index in [0.29, 0.717) is 13.2 Å². The lowest BCUT2D eigenvalue weighted by Crippen LogP contribution is -2.44. The van der Waals surface area contributed by atoms with Gasteiger partial charge in [-0.05, 0) is 12.5 Å². The normalized spacial score (nSPS) is 11.2. The number of carbonyl (C=O) groups is 1. The average Bonchev–Trinajstić information content (AvgIpc) is 3.43.